The first kappa shape index (κ1) is 34.9. The van der Waals surface area contributed by atoms with Crippen molar-refractivity contribution in [1.82, 2.24) is 9.55 Å². The van der Waals surface area contributed by atoms with E-state index in [-0.39, 0.29) is 23.3 Å². The summed E-state index contributed by atoms with van der Waals surface area (Å²) in [5.41, 5.74) is -1.94. The summed E-state index contributed by atoms with van der Waals surface area (Å²) in [6, 6.07) is 10.1. The van der Waals surface area contributed by atoms with Gasteiger partial charge in [-0.3, -0.25) is 14.3 Å². The molecule has 1 N–H and O–H groups in total. The van der Waals surface area contributed by atoms with Crippen LogP contribution in [-0.4, -0.2) is 57.1 Å². The molecular formula is C32H50N2O7Si2. The van der Waals surface area contributed by atoms with Crippen molar-refractivity contribution >= 4 is 22.6 Å². The molecule has 2 heterocycles. The van der Waals surface area contributed by atoms with Crippen LogP contribution in [0.4, 0.5) is 0 Å². The number of carbonyl (C=O) groups is 1. The number of H-pyrrole nitrogens is 1. The van der Waals surface area contributed by atoms with Gasteiger partial charge in [0.1, 0.15) is 12.8 Å². The van der Waals surface area contributed by atoms with Crippen LogP contribution >= 0.6 is 0 Å². The van der Waals surface area contributed by atoms with E-state index in [4.69, 9.17) is 18.3 Å². The Morgan fingerprint density at radius 1 is 1.00 bits per heavy atom. The maximum Gasteiger partial charge on any atom is 0.338 e. The molecule has 1 aromatic heterocycles. The zero-order valence-electron chi connectivity index (χ0n) is 27.5. The number of allylic oxidation sites excluding steroid dienone is 1. The molecule has 1 saturated heterocycles. The molecule has 0 spiro atoms. The summed E-state index contributed by atoms with van der Waals surface area (Å²) in [6.07, 6.45) is 2.20. The van der Waals surface area contributed by atoms with Gasteiger partial charge in [0.25, 0.3) is 5.56 Å². The molecule has 9 nitrogen and oxygen atoms in total. The number of esters is 1. The van der Waals surface area contributed by atoms with E-state index in [2.05, 4.69) is 79.3 Å². The summed E-state index contributed by atoms with van der Waals surface area (Å²) < 4.78 is 28.2. The van der Waals surface area contributed by atoms with Gasteiger partial charge in [-0.25, -0.2) is 9.59 Å². The van der Waals surface area contributed by atoms with E-state index in [0.29, 0.717) is 12.0 Å². The molecule has 0 amide bonds. The lowest BCUT2D eigenvalue weighted by atomic mass is 9.88. The average molecular weight is 631 g/mol. The zero-order chi connectivity index (χ0) is 32.4. The molecule has 1 aromatic carbocycles. The molecule has 4 atom stereocenters. The van der Waals surface area contributed by atoms with E-state index >= 15 is 0 Å². The van der Waals surface area contributed by atoms with Crippen molar-refractivity contribution in [2.24, 2.45) is 5.92 Å². The number of hydrogen-bond donors (Lipinski definition) is 1. The Morgan fingerprint density at radius 2 is 1.60 bits per heavy atom. The first-order valence-corrected chi connectivity index (χ1v) is 20.7. The van der Waals surface area contributed by atoms with Gasteiger partial charge in [-0.15, -0.1) is 6.58 Å². The lowest BCUT2D eigenvalue weighted by Gasteiger charge is -2.45. The molecule has 1 fully saturated rings. The largest absolute Gasteiger partial charge is 0.459 e. The number of ether oxygens (including phenoxy) is 2. The van der Waals surface area contributed by atoms with Gasteiger partial charge in [0, 0.05) is 18.2 Å². The van der Waals surface area contributed by atoms with E-state index < -0.39 is 57.7 Å². The average Bonchev–Trinajstić information content (AvgIpc) is 3.18. The highest BCUT2D eigenvalue weighted by Crippen LogP contribution is 2.50. The first-order valence-electron chi connectivity index (χ1n) is 14.9. The predicted molar refractivity (Wildman–Crippen MR) is 174 cm³/mol. The molecule has 238 valence electrons. The van der Waals surface area contributed by atoms with Crippen molar-refractivity contribution in [3.05, 3.63) is 81.7 Å². The zero-order valence-corrected chi connectivity index (χ0v) is 29.5. The van der Waals surface area contributed by atoms with Crippen LogP contribution in [0.15, 0.2) is 64.8 Å². The normalized spacial score (nSPS) is 23.3. The van der Waals surface area contributed by atoms with Crippen LogP contribution in [0.25, 0.3) is 0 Å². The summed E-state index contributed by atoms with van der Waals surface area (Å²) in [4.78, 5) is 40.7. The minimum absolute atomic E-state index is 0.0904. The van der Waals surface area contributed by atoms with E-state index in [1.54, 1.807) is 30.3 Å². The number of hydrogen-bond acceptors (Lipinski definition) is 7. The van der Waals surface area contributed by atoms with E-state index in [1.807, 2.05) is 6.07 Å². The number of nitrogens with one attached hydrogen (secondary N) is 1. The van der Waals surface area contributed by atoms with Crippen molar-refractivity contribution < 1.29 is 23.1 Å². The topological polar surface area (TPSA) is 109 Å². The number of aromatic nitrogens is 2. The number of rotatable bonds is 11. The highest BCUT2D eigenvalue weighted by Gasteiger charge is 2.60. The second-order valence-corrected chi connectivity index (χ2v) is 24.1. The third-order valence-electron chi connectivity index (χ3n) is 9.36. The van der Waals surface area contributed by atoms with E-state index in [1.165, 1.54) is 16.8 Å². The van der Waals surface area contributed by atoms with Gasteiger partial charge < -0.3 is 18.3 Å². The van der Waals surface area contributed by atoms with Crippen molar-refractivity contribution in [3.8, 4) is 0 Å². The minimum Gasteiger partial charge on any atom is -0.459 e. The molecule has 11 heteroatoms. The fourth-order valence-corrected chi connectivity index (χ4v) is 7.00. The molecule has 3 rings (SSSR count). The maximum atomic E-state index is 13.3. The molecule has 0 unspecified atom stereocenters. The molecule has 0 aliphatic carbocycles. The molecule has 2 aromatic rings. The quantitative estimate of drug-likeness (QED) is 0.177. The van der Waals surface area contributed by atoms with Crippen molar-refractivity contribution in [3.63, 3.8) is 0 Å². The monoisotopic (exact) mass is 630 g/mol. The molecule has 0 radical (unpaired) electrons. The second kappa shape index (κ2) is 12.8. The van der Waals surface area contributed by atoms with Gasteiger partial charge in [0.15, 0.2) is 22.2 Å². The van der Waals surface area contributed by atoms with Crippen LogP contribution in [0.3, 0.4) is 0 Å². The number of carbonyl (C=O) groups excluding carboxylic acids is 1. The minimum atomic E-state index is -2.46. The molecule has 43 heavy (non-hydrogen) atoms. The van der Waals surface area contributed by atoms with Crippen molar-refractivity contribution in [1.29, 1.82) is 0 Å². The van der Waals surface area contributed by atoms with Gasteiger partial charge in [-0.2, -0.15) is 0 Å². The first-order chi connectivity index (χ1) is 19.7. The van der Waals surface area contributed by atoms with Crippen molar-refractivity contribution in [2.45, 2.75) is 102 Å². The van der Waals surface area contributed by atoms with Crippen LogP contribution in [0, 0.1) is 5.92 Å². The Kier molecular flexibility index (Phi) is 10.4. The van der Waals surface area contributed by atoms with Gasteiger partial charge in [0.2, 0.25) is 0 Å². The lowest BCUT2D eigenvalue weighted by molar-refractivity contribution is -0.147. The number of aromatic amines is 1. The Morgan fingerprint density at radius 3 is 2.14 bits per heavy atom. The van der Waals surface area contributed by atoms with Crippen LogP contribution in [0.5, 0.6) is 0 Å². The van der Waals surface area contributed by atoms with Crippen molar-refractivity contribution in [2.75, 3.05) is 13.2 Å². The van der Waals surface area contributed by atoms with Gasteiger partial charge in [-0.1, -0.05) is 65.8 Å². The summed E-state index contributed by atoms with van der Waals surface area (Å²) in [5.74, 6) is -0.888. The highest BCUT2D eigenvalue weighted by atomic mass is 28.4. The Bertz CT molecular complexity index is 1390. The summed E-state index contributed by atoms with van der Waals surface area (Å²) >= 11 is 0. The molecule has 0 saturated carbocycles. The van der Waals surface area contributed by atoms with Crippen LogP contribution in [-0.2, 0) is 18.3 Å². The van der Waals surface area contributed by atoms with Crippen LogP contribution in [0.1, 0.15) is 64.5 Å². The third kappa shape index (κ3) is 7.75. The van der Waals surface area contributed by atoms with Crippen LogP contribution in [0.2, 0.25) is 36.3 Å². The Balaban J connectivity index is 2.20. The van der Waals surface area contributed by atoms with Gasteiger partial charge >= 0.3 is 11.7 Å². The van der Waals surface area contributed by atoms with Gasteiger partial charge in [0.05, 0.1) is 18.3 Å². The van der Waals surface area contributed by atoms with Gasteiger partial charge in [-0.05, 0) is 54.8 Å². The molecular weight excluding hydrogens is 581 g/mol. The Labute approximate surface area is 257 Å². The summed E-state index contributed by atoms with van der Waals surface area (Å²) in [6.45, 7) is 25.5. The molecule has 1 aliphatic rings. The Hall–Kier alpha value is -2.58. The molecule has 0 bridgehead atoms. The smallest absolute Gasteiger partial charge is 0.338 e. The SMILES string of the molecule is C=CC[C@H]1[C@H](n2ccc(=O)[nH]c2=O)O[C@](COC(=O)c2ccccc2)(CO[Si](C)(C)C(C)(C)C)[C@H]1O[Si](C)(C)C(C)(C)C. The fraction of sp³-hybridized carbons (Fsp3) is 0.594. The standard InChI is InChI=1S/C32H50N2O7Si2/c1-12-16-24-26(41-43(10,11)31(5,6)7)32(22-39-42(8,9)30(2,3)4,21-38-28(36)23-17-14-13-15-18-23)40-27(24)34-20-19-25(35)33-29(34)37/h12-15,17-20,24,26-27H,1,16,21-22H2,2-11H3,(H,33,35,37)/t24-,26+,27-,32-/m1/s1. The number of nitrogens with zero attached hydrogens (tertiary/aromatic N) is 1. The second-order valence-electron chi connectivity index (χ2n) is 14.6. The third-order valence-corrected chi connectivity index (χ3v) is 18.3. The predicted octanol–water partition coefficient (Wildman–Crippen LogP) is 6.27. The summed E-state index contributed by atoms with van der Waals surface area (Å²) in [5, 5.41) is -0.246. The summed E-state index contributed by atoms with van der Waals surface area (Å²) in [7, 11) is -4.78. The van der Waals surface area contributed by atoms with Crippen LogP contribution < -0.4 is 11.2 Å². The van der Waals surface area contributed by atoms with E-state index in [9.17, 15) is 14.4 Å². The maximum absolute atomic E-state index is 13.3. The highest BCUT2D eigenvalue weighted by molar-refractivity contribution is 6.74. The lowest BCUT2D eigenvalue weighted by Crippen LogP contribution is -2.58. The fourth-order valence-electron chi connectivity index (χ4n) is 4.59. The number of benzene rings is 1. The molecule has 1 aliphatic heterocycles. The van der Waals surface area contributed by atoms with E-state index in [0.717, 1.165) is 0 Å².